The number of carbonyl (C=O) groups is 2. The van der Waals surface area contributed by atoms with E-state index in [1.807, 2.05) is 55.3 Å². The predicted octanol–water partition coefficient (Wildman–Crippen LogP) is 4.61. The maximum Gasteiger partial charge on any atom is 0.286 e. The van der Waals surface area contributed by atoms with E-state index in [1.54, 1.807) is 40.8 Å². The summed E-state index contributed by atoms with van der Waals surface area (Å²) in [6.07, 6.45) is 3.75. The molecule has 0 saturated carbocycles. The minimum Gasteiger partial charge on any atom is -0.452 e. The number of hydrogen-bond donors (Lipinski definition) is 1. The molecule has 0 aliphatic carbocycles. The average molecular weight is 638 g/mol. The first-order chi connectivity index (χ1) is 22.7. The Morgan fingerprint density at radius 1 is 1.04 bits per heavy atom. The van der Waals surface area contributed by atoms with E-state index < -0.39 is 11.2 Å². The van der Waals surface area contributed by atoms with E-state index in [1.165, 1.54) is 6.07 Å². The van der Waals surface area contributed by atoms with Crippen molar-refractivity contribution in [2.45, 2.75) is 26.3 Å². The number of piperazine rings is 1. The minimum atomic E-state index is -0.635. The number of anilines is 1. The van der Waals surface area contributed by atoms with Gasteiger partial charge in [0.2, 0.25) is 5.43 Å². The zero-order valence-electron chi connectivity index (χ0n) is 26.6. The number of rotatable bonds is 6. The lowest BCUT2D eigenvalue weighted by molar-refractivity contribution is -0.120. The van der Waals surface area contributed by atoms with Crippen molar-refractivity contribution in [3.8, 4) is 22.9 Å². The second-order valence-corrected chi connectivity index (χ2v) is 12.3. The van der Waals surface area contributed by atoms with Crippen LogP contribution in [0.3, 0.4) is 0 Å². The molecule has 3 aromatic carbocycles. The number of nitrogens with one attached hydrogen (secondary N) is 1. The second kappa shape index (κ2) is 12.2. The van der Waals surface area contributed by atoms with Gasteiger partial charge in [-0.25, -0.2) is 4.39 Å². The Labute approximate surface area is 271 Å². The Bertz CT molecular complexity index is 2000. The van der Waals surface area contributed by atoms with E-state index in [2.05, 4.69) is 10.2 Å². The molecule has 7 rings (SSSR count). The summed E-state index contributed by atoms with van der Waals surface area (Å²) >= 11 is 0. The van der Waals surface area contributed by atoms with Crippen LogP contribution < -0.4 is 25.1 Å². The highest BCUT2D eigenvalue weighted by Crippen LogP contribution is 2.47. The van der Waals surface area contributed by atoms with Crippen LogP contribution in [0.4, 0.5) is 10.1 Å². The monoisotopic (exact) mass is 637 g/mol. The SMILES string of the molecule is C/C=C(\Oc1ccccc1C)C(=O)NC1CCN(c2c(F)cc3c(=O)c(C(=O)N4CCN(C)CC4)cn4c3c2Oc2ccccc2-4)C1. The van der Waals surface area contributed by atoms with Gasteiger partial charge in [-0.2, -0.15) is 0 Å². The lowest BCUT2D eigenvalue weighted by Gasteiger charge is -2.33. The Balaban J connectivity index is 1.21. The van der Waals surface area contributed by atoms with E-state index in [0.29, 0.717) is 68.4 Å². The Hall–Kier alpha value is -5.16. The zero-order valence-corrected chi connectivity index (χ0v) is 26.6. The van der Waals surface area contributed by atoms with Gasteiger partial charge in [0, 0.05) is 51.5 Å². The maximum absolute atomic E-state index is 16.2. The van der Waals surface area contributed by atoms with Gasteiger partial charge in [-0.15, -0.1) is 0 Å². The van der Waals surface area contributed by atoms with E-state index in [-0.39, 0.29) is 46.0 Å². The highest BCUT2D eigenvalue weighted by Gasteiger charge is 2.35. The molecule has 4 heterocycles. The van der Waals surface area contributed by atoms with E-state index in [4.69, 9.17) is 9.47 Å². The van der Waals surface area contributed by atoms with E-state index in [0.717, 1.165) is 5.56 Å². The Kier molecular flexibility index (Phi) is 7.93. The fourth-order valence-corrected chi connectivity index (χ4v) is 6.55. The first-order valence-corrected chi connectivity index (χ1v) is 15.9. The third-order valence-corrected chi connectivity index (χ3v) is 9.17. The van der Waals surface area contributed by atoms with Crippen molar-refractivity contribution in [3.63, 3.8) is 0 Å². The highest BCUT2D eigenvalue weighted by atomic mass is 19.1. The summed E-state index contributed by atoms with van der Waals surface area (Å²) < 4.78 is 30.3. The van der Waals surface area contributed by atoms with Gasteiger partial charge < -0.3 is 34.1 Å². The van der Waals surface area contributed by atoms with Crippen LogP contribution in [-0.2, 0) is 4.79 Å². The van der Waals surface area contributed by atoms with Gasteiger partial charge in [-0.1, -0.05) is 30.3 Å². The molecule has 242 valence electrons. The largest absolute Gasteiger partial charge is 0.452 e. The molecular formula is C36H36FN5O5. The molecule has 4 aromatic rings. The summed E-state index contributed by atoms with van der Waals surface area (Å²) in [5.41, 5.74) is 1.62. The standard InChI is InChI=1S/C36H36FN5O5/c1-4-28(46-29-11-7-5-9-22(29)2)35(44)38-23-13-14-41(20-23)32-26(37)19-24-31-34(32)47-30-12-8-6-10-27(30)42(31)21-25(33(24)43)36(45)40-17-15-39(3)16-18-40/h4-12,19,21,23H,13-18,20H2,1-3H3,(H,38,44)/b28-4-. The predicted molar refractivity (Wildman–Crippen MR) is 177 cm³/mol. The summed E-state index contributed by atoms with van der Waals surface area (Å²) in [6, 6.07) is 15.7. The summed E-state index contributed by atoms with van der Waals surface area (Å²) in [6.45, 7) is 6.83. The van der Waals surface area contributed by atoms with Crippen molar-refractivity contribution in [3.05, 3.63) is 99.8 Å². The van der Waals surface area contributed by atoms with Crippen LogP contribution in [-0.4, -0.2) is 78.5 Å². The first kappa shape index (κ1) is 30.5. The van der Waals surface area contributed by atoms with Crippen molar-refractivity contribution in [1.82, 2.24) is 19.7 Å². The van der Waals surface area contributed by atoms with Gasteiger partial charge in [-0.3, -0.25) is 14.4 Å². The number of allylic oxidation sites excluding steroid dienone is 1. The normalized spacial score (nSPS) is 17.8. The Morgan fingerprint density at radius 2 is 1.79 bits per heavy atom. The van der Waals surface area contributed by atoms with Crippen molar-refractivity contribution < 1.29 is 23.5 Å². The number of ether oxygens (including phenoxy) is 2. The summed E-state index contributed by atoms with van der Waals surface area (Å²) in [5, 5.41) is 3.10. The van der Waals surface area contributed by atoms with Crippen LogP contribution in [0.25, 0.3) is 16.6 Å². The molecule has 0 spiro atoms. The smallest absolute Gasteiger partial charge is 0.286 e. The van der Waals surface area contributed by atoms with E-state index >= 15 is 4.39 Å². The summed E-state index contributed by atoms with van der Waals surface area (Å²) in [4.78, 5) is 46.4. The fourth-order valence-electron chi connectivity index (χ4n) is 6.55. The molecule has 0 bridgehead atoms. The quantitative estimate of drug-likeness (QED) is 0.215. The molecule has 1 atom stereocenters. The number of benzene rings is 3. The van der Waals surface area contributed by atoms with Gasteiger partial charge >= 0.3 is 0 Å². The summed E-state index contributed by atoms with van der Waals surface area (Å²) in [5.74, 6) is 0.0916. The van der Waals surface area contributed by atoms with Gasteiger partial charge in [0.25, 0.3) is 11.8 Å². The number of aryl methyl sites for hydroxylation is 1. The topological polar surface area (TPSA) is 96.4 Å². The molecule has 1 N–H and O–H groups in total. The lowest BCUT2D eigenvalue weighted by Crippen LogP contribution is -2.48. The van der Waals surface area contributed by atoms with Crippen LogP contribution in [0.2, 0.25) is 0 Å². The third-order valence-electron chi connectivity index (χ3n) is 9.17. The molecule has 2 saturated heterocycles. The number of carbonyl (C=O) groups excluding carboxylic acids is 2. The molecular weight excluding hydrogens is 601 g/mol. The van der Waals surface area contributed by atoms with Crippen molar-refractivity contribution in [1.29, 1.82) is 0 Å². The zero-order chi connectivity index (χ0) is 32.8. The lowest BCUT2D eigenvalue weighted by atomic mass is 10.0. The molecule has 1 aromatic heterocycles. The number of fused-ring (bicyclic) bond motifs is 2. The van der Waals surface area contributed by atoms with Crippen molar-refractivity contribution in [2.75, 3.05) is 51.2 Å². The molecule has 1 unspecified atom stereocenters. The van der Waals surface area contributed by atoms with Crippen molar-refractivity contribution >= 4 is 28.4 Å². The number of para-hydroxylation sites is 3. The van der Waals surface area contributed by atoms with Gasteiger partial charge in [0.05, 0.1) is 11.1 Å². The molecule has 11 heteroatoms. The van der Waals surface area contributed by atoms with Gasteiger partial charge in [-0.05, 0) is 63.2 Å². The molecule has 3 aliphatic rings. The third kappa shape index (κ3) is 5.50. The first-order valence-electron chi connectivity index (χ1n) is 15.9. The number of hydrogen-bond acceptors (Lipinski definition) is 7. The van der Waals surface area contributed by atoms with Gasteiger partial charge in [0.1, 0.15) is 22.5 Å². The minimum absolute atomic E-state index is 0.00602. The second-order valence-electron chi connectivity index (χ2n) is 12.3. The van der Waals surface area contributed by atoms with Gasteiger partial charge in [0.15, 0.2) is 23.1 Å². The molecule has 2 fully saturated rings. The van der Waals surface area contributed by atoms with Crippen LogP contribution in [0.1, 0.15) is 29.3 Å². The van der Waals surface area contributed by atoms with Crippen LogP contribution in [0.5, 0.6) is 17.2 Å². The number of likely N-dealkylation sites (N-methyl/N-ethyl adjacent to an activating group) is 1. The molecule has 10 nitrogen and oxygen atoms in total. The van der Waals surface area contributed by atoms with E-state index in [9.17, 15) is 14.4 Å². The van der Waals surface area contributed by atoms with Crippen LogP contribution in [0.15, 0.2) is 77.4 Å². The number of aromatic nitrogens is 1. The molecule has 0 radical (unpaired) electrons. The van der Waals surface area contributed by atoms with Crippen LogP contribution in [0, 0.1) is 12.7 Å². The summed E-state index contributed by atoms with van der Waals surface area (Å²) in [7, 11) is 1.99. The maximum atomic E-state index is 16.2. The van der Waals surface area contributed by atoms with Crippen LogP contribution >= 0.6 is 0 Å². The highest BCUT2D eigenvalue weighted by molar-refractivity contribution is 6.01. The molecule has 2 amide bonds. The Morgan fingerprint density at radius 3 is 2.55 bits per heavy atom. The number of nitrogens with zero attached hydrogens (tertiary/aromatic N) is 4. The average Bonchev–Trinajstić information content (AvgIpc) is 3.53. The fraction of sp³-hybridized carbons (Fsp3) is 0.306. The van der Waals surface area contributed by atoms with Crippen molar-refractivity contribution in [2.24, 2.45) is 0 Å². The number of amides is 2. The molecule has 47 heavy (non-hydrogen) atoms. The molecule has 3 aliphatic heterocycles. The number of halogens is 1. The number of pyridine rings is 1.